The van der Waals surface area contributed by atoms with E-state index in [9.17, 15) is 9.59 Å². The molecule has 1 heterocycles. The van der Waals surface area contributed by atoms with Crippen LogP contribution in [0.4, 0.5) is 5.69 Å². The van der Waals surface area contributed by atoms with Crippen LogP contribution in [0.1, 0.15) is 38.8 Å². The minimum Gasteiger partial charge on any atom is -0.348 e. The lowest BCUT2D eigenvalue weighted by Crippen LogP contribution is -2.35. The molecule has 0 aromatic heterocycles. The molecular formula is C24H21ClN2O2. The molecular weight excluding hydrogens is 384 g/mol. The Bertz CT molecular complexity index is 1070. The second kappa shape index (κ2) is 8.10. The van der Waals surface area contributed by atoms with E-state index < -0.39 is 0 Å². The Morgan fingerprint density at radius 2 is 1.76 bits per heavy atom. The first-order chi connectivity index (χ1) is 14.0. The summed E-state index contributed by atoms with van der Waals surface area (Å²) in [7, 11) is 0. The van der Waals surface area contributed by atoms with Gasteiger partial charge in [0.05, 0.1) is 10.6 Å². The van der Waals surface area contributed by atoms with Gasteiger partial charge in [-0.3, -0.25) is 9.59 Å². The first-order valence-electron chi connectivity index (χ1n) is 9.57. The number of anilines is 1. The fraction of sp³-hybridized carbons (Fsp3) is 0.167. The van der Waals surface area contributed by atoms with Gasteiger partial charge in [0.2, 0.25) is 0 Å². The molecule has 5 heteroatoms. The number of fused-ring (bicyclic) bond motifs is 1. The lowest BCUT2D eigenvalue weighted by Gasteiger charge is -2.23. The predicted octanol–water partition coefficient (Wildman–Crippen LogP) is 4.86. The Balaban J connectivity index is 1.54. The second-order valence-electron chi connectivity index (χ2n) is 7.22. The molecule has 1 aliphatic heterocycles. The highest BCUT2D eigenvalue weighted by Gasteiger charge is 2.31. The van der Waals surface area contributed by atoms with Gasteiger partial charge in [0, 0.05) is 23.8 Å². The highest BCUT2D eigenvalue weighted by atomic mass is 35.5. The number of halogens is 1. The number of carbonyl (C=O) groups is 2. The zero-order valence-corrected chi connectivity index (χ0v) is 16.8. The van der Waals surface area contributed by atoms with Gasteiger partial charge < -0.3 is 10.2 Å². The number of rotatable bonds is 4. The molecule has 1 atom stereocenters. The fourth-order valence-corrected chi connectivity index (χ4v) is 3.94. The quantitative estimate of drug-likeness (QED) is 0.675. The van der Waals surface area contributed by atoms with Gasteiger partial charge in [-0.1, -0.05) is 54.1 Å². The molecule has 2 amide bonds. The van der Waals surface area contributed by atoms with Gasteiger partial charge in [-0.05, 0) is 54.8 Å². The maximum absolute atomic E-state index is 13.1. The average Bonchev–Trinajstić information content (AvgIpc) is 3.07. The molecule has 1 N–H and O–H groups in total. The monoisotopic (exact) mass is 404 g/mol. The topological polar surface area (TPSA) is 49.4 Å². The molecule has 0 unspecified atom stereocenters. The van der Waals surface area contributed by atoms with Crippen molar-refractivity contribution >= 4 is 29.1 Å². The van der Waals surface area contributed by atoms with Crippen LogP contribution >= 0.6 is 11.6 Å². The summed E-state index contributed by atoms with van der Waals surface area (Å²) in [5.41, 5.74) is 4.11. The van der Waals surface area contributed by atoms with Gasteiger partial charge in [-0.15, -0.1) is 0 Å². The lowest BCUT2D eigenvalue weighted by molar-refractivity contribution is 0.0948. The fourth-order valence-electron chi connectivity index (χ4n) is 3.72. The zero-order chi connectivity index (χ0) is 20.4. The molecule has 1 aliphatic rings. The molecule has 0 bridgehead atoms. The molecule has 0 radical (unpaired) electrons. The van der Waals surface area contributed by atoms with Crippen molar-refractivity contribution in [3.05, 3.63) is 100 Å². The number of benzene rings is 3. The van der Waals surface area contributed by atoms with Crippen LogP contribution in [0.2, 0.25) is 5.02 Å². The number of carbonyl (C=O) groups excluding carboxylic acids is 2. The summed E-state index contributed by atoms with van der Waals surface area (Å²) >= 11 is 6.10. The van der Waals surface area contributed by atoms with E-state index in [2.05, 4.69) is 12.2 Å². The summed E-state index contributed by atoms with van der Waals surface area (Å²) in [6, 6.07) is 22.4. The molecule has 146 valence electrons. The maximum atomic E-state index is 13.1. The van der Waals surface area contributed by atoms with Crippen molar-refractivity contribution in [3.8, 4) is 0 Å². The molecule has 3 aromatic rings. The van der Waals surface area contributed by atoms with E-state index in [-0.39, 0.29) is 17.9 Å². The van der Waals surface area contributed by atoms with Crippen molar-refractivity contribution in [3.63, 3.8) is 0 Å². The van der Waals surface area contributed by atoms with E-state index in [1.165, 1.54) is 0 Å². The molecule has 0 fully saturated rings. The van der Waals surface area contributed by atoms with E-state index in [0.29, 0.717) is 22.7 Å². The van der Waals surface area contributed by atoms with Crippen molar-refractivity contribution in [2.24, 2.45) is 0 Å². The number of hydrogen-bond donors (Lipinski definition) is 1. The normalized spacial score (nSPS) is 15.1. The van der Waals surface area contributed by atoms with Crippen LogP contribution in [0, 0.1) is 0 Å². The van der Waals surface area contributed by atoms with Crippen molar-refractivity contribution in [2.75, 3.05) is 4.90 Å². The third-order valence-electron chi connectivity index (χ3n) is 5.18. The van der Waals surface area contributed by atoms with Crippen LogP contribution < -0.4 is 10.2 Å². The van der Waals surface area contributed by atoms with Crippen molar-refractivity contribution in [2.45, 2.75) is 25.9 Å². The summed E-state index contributed by atoms with van der Waals surface area (Å²) in [6.45, 7) is 2.42. The van der Waals surface area contributed by atoms with Crippen LogP contribution in [-0.4, -0.2) is 17.9 Å². The highest BCUT2D eigenvalue weighted by Crippen LogP contribution is 2.34. The minimum absolute atomic E-state index is 0.00546. The van der Waals surface area contributed by atoms with E-state index in [0.717, 1.165) is 23.2 Å². The molecule has 0 aliphatic carbocycles. The van der Waals surface area contributed by atoms with Crippen molar-refractivity contribution in [1.82, 2.24) is 5.32 Å². The molecule has 0 saturated carbocycles. The Kier molecular flexibility index (Phi) is 5.36. The van der Waals surface area contributed by atoms with Gasteiger partial charge >= 0.3 is 0 Å². The minimum atomic E-state index is -0.221. The molecule has 3 aromatic carbocycles. The molecule has 29 heavy (non-hydrogen) atoms. The standard InChI is InChI=1S/C24H21ClN2O2/c1-16-13-19-12-11-17(15-26-23(28)20-9-5-6-10-21(20)25)14-22(19)27(16)24(29)18-7-3-2-4-8-18/h2-12,14,16H,13,15H2,1H3,(H,26,28)/t16-/m1/s1. The van der Waals surface area contributed by atoms with Crippen LogP contribution in [0.5, 0.6) is 0 Å². The smallest absolute Gasteiger partial charge is 0.258 e. The predicted molar refractivity (Wildman–Crippen MR) is 115 cm³/mol. The molecule has 0 spiro atoms. The van der Waals surface area contributed by atoms with Crippen LogP contribution in [0.3, 0.4) is 0 Å². The maximum Gasteiger partial charge on any atom is 0.258 e. The summed E-state index contributed by atoms with van der Waals surface area (Å²) in [4.78, 5) is 27.3. The Morgan fingerprint density at radius 3 is 2.52 bits per heavy atom. The van der Waals surface area contributed by atoms with E-state index in [1.807, 2.05) is 53.4 Å². The SMILES string of the molecule is C[C@@H]1Cc2ccc(CNC(=O)c3ccccc3Cl)cc2N1C(=O)c1ccccc1. The summed E-state index contributed by atoms with van der Waals surface area (Å²) in [5.74, 6) is -0.226. The van der Waals surface area contributed by atoms with Gasteiger partial charge in [0.25, 0.3) is 11.8 Å². The van der Waals surface area contributed by atoms with E-state index in [1.54, 1.807) is 24.3 Å². The summed E-state index contributed by atoms with van der Waals surface area (Å²) in [5, 5.41) is 3.33. The lowest BCUT2D eigenvalue weighted by atomic mass is 10.1. The average molecular weight is 405 g/mol. The van der Waals surface area contributed by atoms with Gasteiger partial charge in [-0.2, -0.15) is 0 Å². The Morgan fingerprint density at radius 1 is 1.03 bits per heavy atom. The molecule has 0 saturated heterocycles. The molecule has 4 rings (SSSR count). The summed E-state index contributed by atoms with van der Waals surface area (Å²) in [6.07, 6.45) is 0.820. The van der Waals surface area contributed by atoms with Gasteiger partial charge in [0.15, 0.2) is 0 Å². The Labute approximate surface area is 175 Å². The Hall–Kier alpha value is -3.11. The van der Waals surface area contributed by atoms with Gasteiger partial charge in [0.1, 0.15) is 0 Å². The second-order valence-corrected chi connectivity index (χ2v) is 7.63. The van der Waals surface area contributed by atoms with E-state index in [4.69, 9.17) is 11.6 Å². The number of nitrogens with zero attached hydrogens (tertiary/aromatic N) is 1. The zero-order valence-electron chi connectivity index (χ0n) is 16.1. The first kappa shape index (κ1) is 19.2. The third-order valence-corrected chi connectivity index (χ3v) is 5.51. The number of nitrogens with one attached hydrogen (secondary N) is 1. The number of hydrogen-bond acceptors (Lipinski definition) is 2. The molecule has 4 nitrogen and oxygen atoms in total. The number of amides is 2. The van der Waals surface area contributed by atoms with Crippen LogP contribution in [0.25, 0.3) is 0 Å². The highest BCUT2D eigenvalue weighted by molar-refractivity contribution is 6.33. The third kappa shape index (κ3) is 3.89. The summed E-state index contributed by atoms with van der Waals surface area (Å²) < 4.78 is 0. The van der Waals surface area contributed by atoms with Crippen molar-refractivity contribution < 1.29 is 9.59 Å². The van der Waals surface area contributed by atoms with Crippen molar-refractivity contribution in [1.29, 1.82) is 0 Å². The van der Waals surface area contributed by atoms with Gasteiger partial charge in [-0.25, -0.2) is 0 Å². The first-order valence-corrected chi connectivity index (χ1v) is 9.95. The van der Waals surface area contributed by atoms with E-state index >= 15 is 0 Å². The van der Waals surface area contributed by atoms with Crippen LogP contribution in [0.15, 0.2) is 72.8 Å². The van der Waals surface area contributed by atoms with Crippen LogP contribution in [-0.2, 0) is 13.0 Å². The largest absolute Gasteiger partial charge is 0.348 e.